The largest absolute Gasteiger partial charge is 0.270 e. The average Bonchev–Trinajstić information content (AvgIpc) is 2.15. The second-order valence-electron chi connectivity index (χ2n) is 2.53. The van der Waals surface area contributed by atoms with E-state index in [0.29, 0.717) is 13.0 Å². The Hall–Kier alpha value is 0.610. The summed E-state index contributed by atoms with van der Waals surface area (Å²) >= 11 is 7.69. The zero-order valence-corrected chi connectivity index (χ0v) is 11.4. The lowest BCUT2D eigenvalue weighted by atomic mass is 10.5. The molecule has 0 fully saturated rings. The van der Waals surface area contributed by atoms with E-state index in [0.717, 1.165) is 17.9 Å². The van der Waals surface area contributed by atoms with Crippen LogP contribution in [0.25, 0.3) is 0 Å². The van der Waals surface area contributed by atoms with Crippen molar-refractivity contribution in [1.82, 2.24) is 0 Å². The molecule has 0 saturated carbocycles. The zero-order valence-electron chi connectivity index (χ0n) is 8.77. The normalized spacial score (nSPS) is 10.6. The molecule has 0 saturated heterocycles. The molecule has 0 radical (unpaired) electrons. The van der Waals surface area contributed by atoms with Gasteiger partial charge in [-0.15, -0.1) is 0 Å². The van der Waals surface area contributed by atoms with Crippen molar-refractivity contribution in [3.8, 4) is 0 Å². The van der Waals surface area contributed by atoms with E-state index in [1.54, 1.807) is 0 Å². The van der Waals surface area contributed by atoms with E-state index in [1.807, 2.05) is 13.8 Å². The van der Waals surface area contributed by atoms with Gasteiger partial charge in [0.1, 0.15) is 0 Å². The smallest absolute Gasteiger partial charge is 0.267 e. The van der Waals surface area contributed by atoms with Crippen molar-refractivity contribution >= 4 is 35.4 Å². The number of thiol groups is 2. The van der Waals surface area contributed by atoms with Gasteiger partial charge < -0.3 is 0 Å². The van der Waals surface area contributed by atoms with Crippen LogP contribution in [0, 0.1) is 0 Å². The molecule has 3 nitrogen and oxygen atoms in total. The predicted octanol–water partition coefficient (Wildman–Crippen LogP) is 2.00. The first-order valence-corrected chi connectivity index (χ1v) is 7.47. The van der Waals surface area contributed by atoms with Gasteiger partial charge >= 0.3 is 0 Å². The van der Waals surface area contributed by atoms with E-state index in [4.69, 9.17) is 0 Å². The van der Waals surface area contributed by atoms with Crippen LogP contribution in [-0.4, -0.2) is 32.3 Å². The maximum Gasteiger partial charge on any atom is 0.267 e. The van der Waals surface area contributed by atoms with Crippen molar-refractivity contribution in [2.24, 2.45) is 0 Å². The molecule has 0 N–H and O–H groups in total. The second kappa shape index (κ2) is 11.7. The van der Waals surface area contributed by atoms with Crippen LogP contribution in [-0.2, 0) is 14.3 Å². The topological polar surface area (TPSA) is 43.4 Å². The fraction of sp³-hybridized carbons (Fsp3) is 1.00. The molecule has 0 aliphatic heterocycles. The molecule has 0 rings (SSSR count). The van der Waals surface area contributed by atoms with Crippen LogP contribution >= 0.6 is 25.3 Å². The molecule has 0 spiro atoms. The Balaban J connectivity index is 0. The van der Waals surface area contributed by atoms with Crippen molar-refractivity contribution in [2.75, 3.05) is 23.9 Å². The SMILES string of the molecule is CCCOS(=O)(=O)CCC.SCCS. The van der Waals surface area contributed by atoms with Crippen LogP contribution in [0.5, 0.6) is 0 Å². The van der Waals surface area contributed by atoms with Crippen molar-refractivity contribution in [3.05, 3.63) is 0 Å². The maximum absolute atomic E-state index is 10.8. The van der Waals surface area contributed by atoms with Gasteiger partial charge in [-0.1, -0.05) is 13.8 Å². The third kappa shape index (κ3) is 15.1. The second-order valence-corrected chi connectivity index (χ2v) is 5.18. The minimum Gasteiger partial charge on any atom is -0.270 e. The molecular formula is C8H20O3S3. The van der Waals surface area contributed by atoms with Crippen molar-refractivity contribution < 1.29 is 12.6 Å². The zero-order chi connectivity index (χ0) is 11.4. The van der Waals surface area contributed by atoms with Gasteiger partial charge in [0.25, 0.3) is 10.1 Å². The van der Waals surface area contributed by atoms with Gasteiger partial charge in [-0.25, -0.2) is 0 Å². The summed E-state index contributed by atoms with van der Waals surface area (Å²) < 4.78 is 26.1. The number of rotatable bonds is 6. The van der Waals surface area contributed by atoms with Crippen LogP contribution in [0.4, 0.5) is 0 Å². The number of hydrogen-bond donors (Lipinski definition) is 2. The Bertz CT molecular complexity index is 188. The van der Waals surface area contributed by atoms with Gasteiger partial charge in [-0.05, 0) is 24.3 Å². The number of hydrogen-bond acceptors (Lipinski definition) is 5. The predicted molar refractivity (Wildman–Crippen MR) is 68.0 cm³/mol. The van der Waals surface area contributed by atoms with Crippen molar-refractivity contribution in [3.63, 3.8) is 0 Å². The summed E-state index contributed by atoms with van der Waals surface area (Å²) in [5.41, 5.74) is 0. The third-order valence-corrected chi connectivity index (χ3v) is 3.26. The molecule has 88 valence electrons. The Morgan fingerprint density at radius 1 is 1.07 bits per heavy atom. The fourth-order valence-corrected chi connectivity index (χ4v) is 1.56. The van der Waals surface area contributed by atoms with Gasteiger partial charge in [0.15, 0.2) is 0 Å². The summed E-state index contributed by atoms with van der Waals surface area (Å²) in [7, 11) is -3.19. The summed E-state index contributed by atoms with van der Waals surface area (Å²) in [5, 5.41) is 0. The highest BCUT2D eigenvalue weighted by Crippen LogP contribution is 1.96. The molecule has 0 aliphatic carbocycles. The quantitative estimate of drug-likeness (QED) is 0.567. The van der Waals surface area contributed by atoms with E-state index in [9.17, 15) is 8.42 Å². The van der Waals surface area contributed by atoms with Crippen molar-refractivity contribution in [2.45, 2.75) is 26.7 Å². The maximum atomic E-state index is 10.8. The molecule has 0 unspecified atom stereocenters. The van der Waals surface area contributed by atoms with E-state index >= 15 is 0 Å². The summed E-state index contributed by atoms with van der Waals surface area (Å²) in [6.45, 7) is 4.00. The highest BCUT2D eigenvalue weighted by molar-refractivity contribution is 7.86. The highest BCUT2D eigenvalue weighted by atomic mass is 32.2. The van der Waals surface area contributed by atoms with Gasteiger partial charge in [0, 0.05) is 0 Å². The van der Waals surface area contributed by atoms with Gasteiger partial charge in [-0.2, -0.15) is 33.7 Å². The van der Waals surface area contributed by atoms with Crippen LogP contribution < -0.4 is 0 Å². The van der Waals surface area contributed by atoms with E-state index in [-0.39, 0.29) is 5.75 Å². The molecule has 0 amide bonds. The summed E-state index contributed by atoms with van der Waals surface area (Å²) in [5.74, 6) is 1.89. The molecule has 0 heterocycles. The standard InChI is InChI=1S/C6H14O3S.C2H6S2/c1-3-5-9-10(7,8)6-4-2;3-1-2-4/h3-6H2,1-2H3;3-4H,1-2H2. The summed E-state index contributed by atoms with van der Waals surface area (Å²) in [4.78, 5) is 0. The van der Waals surface area contributed by atoms with Gasteiger partial charge in [0.2, 0.25) is 0 Å². The first kappa shape index (κ1) is 17.0. The van der Waals surface area contributed by atoms with E-state index in [2.05, 4.69) is 29.4 Å². The van der Waals surface area contributed by atoms with Gasteiger partial charge in [0.05, 0.1) is 12.4 Å². The lowest BCUT2D eigenvalue weighted by Crippen LogP contribution is -2.10. The first-order chi connectivity index (χ1) is 6.54. The van der Waals surface area contributed by atoms with Crippen LogP contribution in [0.15, 0.2) is 0 Å². The van der Waals surface area contributed by atoms with Crippen LogP contribution in [0.2, 0.25) is 0 Å². The average molecular weight is 260 g/mol. The first-order valence-electron chi connectivity index (χ1n) is 4.62. The monoisotopic (exact) mass is 260 g/mol. The molecule has 6 heteroatoms. The fourth-order valence-electron chi connectivity index (χ4n) is 0.519. The summed E-state index contributed by atoms with van der Waals surface area (Å²) in [6, 6.07) is 0. The van der Waals surface area contributed by atoms with E-state index in [1.165, 1.54) is 0 Å². The molecule has 0 aromatic heterocycles. The lowest BCUT2D eigenvalue weighted by Gasteiger charge is -2.00. The minimum absolute atomic E-state index is 0.132. The molecule has 0 aromatic carbocycles. The van der Waals surface area contributed by atoms with Gasteiger partial charge in [-0.3, -0.25) is 4.18 Å². The highest BCUT2D eigenvalue weighted by Gasteiger charge is 2.07. The molecular weight excluding hydrogens is 240 g/mol. The molecule has 0 atom stereocenters. The minimum atomic E-state index is -3.19. The molecule has 14 heavy (non-hydrogen) atoms. The molecule has 0 bridgehead atoms. The molecule has 0 aromatic rings. The van der Waals surface area contributed by atoms with E-state index < -0.39 is 10.1 Å². The van der Waals surface area contributed by atoms with Crippen LogP contribution in [0.1, 0.15) is 26.7 Å². The Morgan fingerprint density at radius 2 is 1.57 bits per heavy atom. The summed E-state index contributed by atoms with van der Waals surface area (Å²) in [6.07, 6.45) is 1.36. The Kier molecular flexibility index (Phi) is 14.2. The Morgan fingerprint density at radius 3 is 1.86 bits per heavy atom. The van der Waals surface area contributed by atoms with Crippen LogP contribution in [0.3, 0.4) is 0 Å². The third-order valence-electron chi connectivity index (χ3n) is 1.02. The van der Waals surface area contributed by atoms with Crippen molar-refractivity contribution in [1.29, 1.82) is 0 Å². The molecule has 0 aliphatic rings. The Labute approximate surface area is 98.6 Å². The lowest BCUT2D eigenvalue weighted by molar-refractivity contribution is 0.318.